The minimum Gasteiger partial charge on any atom is -0.348 e. The molecule has 1 aliphatic heterocycles. The highest BCUT2D eigenvalue weighted by atomic mass is 16.2. The molecule has 132 valence electrons. The molecule has 2 aliphatic rings. The van der Waals surface area contributed by atoms with Crippen LogP contribution < -0.4 is 5.32 Å². The summed E-state index contributed by atoms with van der Waals surface area (Å²) in [6, 6.07) is 10.5. The van der Waals surface area contributed by atoms with Crippen LogP contribution >= 0.6 is 0 Å². The second-order valence-electron chi connectivity index (χ2n) is 7.04. The van der Waals surface area contributed by atoms with E-state index in [0.29, 0.717) is 19.0 Å². The second kappa shape index (κ2) is 6.96. The average Bonchev–Trinajstić information content (AvgIpc) is 3.40. The van der Waals surface area contributed by atoms with E-state index in [-0.39, 0.29) is 11.9 Å². The lowest BCUT2D eigenvalue weighted by atomic mass is 10.0. The quantitative estimate of drug-likeness (QED) is 0.873. The molecule has 6 nitrogen and oxygen atoms in total. The molecule has 1 N–H and O–H groups in total. The van der Waals surface area contributed by atoms with Crippen LogP contribution in [-0.2, 0) is 24.3 Å². The number of amides is 1. The second-order valence-corrected chi connectivity index (χ2v) is 7.04. The summed E-state index contributed by atoms with van der Waals surface area (Å²) in [5.41, 5.74) is 1.21. The Bertz CT molecular complexity index is 738. The van der Waals surface area contributed by atoms with Crippen molar-refractivity contribution in [3.63, 3.8) is 0 Å². The van der Waals surface area contributed by atoms with Gasteiger partial charge < -0.3 is 9.88 Å². The van der Waals surface area contributed by atoms with Crippen molar-refractivity contribution in [2.45, 2.75) is 45.3 Å². The summed E-state index contributed by atoms with van der Waals surface area (Å²) in [5.74, 6) is 2.70. The summed E-state index contributed by atoms with van der Waals surface area (Å²) in [6.45, 7) is 4.94. The lowest BCUT2D eigenvalue weighted by Crippen LogP contribution is -2.42. The van der Waals surface area contributed by atoms with Crippen LogP contribution in [0.1, 0.15) is 43.0 Å². The zero-order valence-corrected chi connectivity index (χ0v) is 14.7. The van der Waals surface area contributed by atoms with Gasteiger partial charge in [0.25, 0.3) is 0 Å². The highest BCUT2D eigenvalue weighted by molar-refractivity contribution is 5.78. The number of hydrogen-bond acceptors (Lipinski definition) is 4. The standard InChI is InChI=1S/C19H25N5O/c1-2-16-21-22-17-12-23(10-11-24(16)17)13-18(25)20-19(15-8-9-15)14-6-4-3-5-7-14/h3-7,15,19H,2,8-13H2,1H3,(H,20,25)/t19-/m0/s1. The lowest BCUT2D eigenvalue weighted by Gasteiger charge is -2.28. The molecule has 1 aromatic heterocycles. The number of aryl methyl sites for hydroxylation is 1. The van der Waals surface area contributed by atoms with Gasteiger partial charge in [0.05, 0.1) is 19.1 Å². The summed E-state index contributed by atoms with van der Waals surface area (Å²) in [4.78, 5) is 14.8. The maximum Gasteiger partial charge on any atom is 0.234 e. The molecule has 1 aromatic carbocycles. The van der Waals surface area contributed by atoms with E-state index in [1.54, 1.807) is 0 Å². The molecular formula is C19H25N5O. The molecule has 0 radical (unpaired) electrons. The van der Waals surface area contributed by atoms with Crippen LogP contribution in [0, 0.1) is 5.92 Å². The van der Waals surface area contributed by atoms with Crippen LogP contribution in [0.3, 0.4) is 0 Å². The summed E-state index contributed by atoms with van der Waals surface area (Å²) >= 11 is 0. The normalized spacial score (nSPS) is 18.6. The van der Waals surface area contributed by atoms with E-state index in [1.807, 2.05) is 18.2 Å². The molecule has 2 heterocycles. The Morgan fingerprint density at radius 3 is 2.76 bits per heavy atom. The summed E-state index contributed by atoms with van der Waals surface area (Å²) in [5, 5.41) is 11.8. The Hall–Kier alpha value is -2.21. The molecule has 4 rings (SSSR count). The topological polar surface area (TPSA) is 63.1 Å². The van der Waals surface area contributed by atoms with Crippen molar-refractivity contribution >= 4 is 5.91 Å². The molecule has 0 spiro atoms. The van der Waals surface area contributed by atoms with Crippen LogP contribution in [0.4, 0.5) is 0 Å². The lowest BCUT2D eigenvalue weighted by molar-refractivity contribution is -0.123. The predicted octanol–water partition coefficient (Wildman–Crippen LogP) is 1.92. The number of hydrogen-bond donors (Lipinski definition) is 1. The molecule has 0 bridgehead atoms. The van der Waals surface area contributed by atoms with Gasteiger partial charge in [-0.1, -0.05) is 37.3 Å². The first-order valence-corrected chi connectivity index (χ1v) is 9.22. The minimum atomic E-state index is 0.101. The first kappa shape index (κ1) is 16.3. The zero-order valence-electron chi connectivity index (χ0n) is 14.7. The third kappa shape index (κ3) is 3.58. The van der Waals surface area contributed by atoms with Crippen molar-refractivity contribution < 1.29 is 4.79 Å². The van der Waals surface area contributed by atoms with Crippen LogP contribution in [0.15, 0.2) is 30.3 Å². The monoisotopic (exact) mass is 339 g/mol. The highest BCUT2D eigenvalue weighted by Crippen LogP contribution is 2.40. The molecule has 2 aromatic rings. The van der Waals surface area contributed by atoms with Gasteiger partial charge in [0.15, 0.2) is 0 Å². The maximum absolute atomic E-state index is 12.6. The fraction of sp³-hybridized carbons (Fsp3) is 0.526. The fourth-order valence-electron chi connectivity index (χ4n) is 3.65. The number of aromatic nitrogens is 3. The Balaban J connectivity index is 1.37. The summed E-state index contributed by atoms with van der Waals surface area (Å²) < 4.78 is 2.19. The number of fused-ring (bicyclic) bond motifs is 1. The van der Waals surface area contributed by atoms with Crippen molar-refractivity contribution in [2.24, 2.45) is 5.92 Å². The van der Waals surface area contributed by atoms with Crippen molar-refractivity contribution in [3.05, 3.63) is 47.5 Å². The largest absolute Gasteiger partial charge is 0.348 e. The van der Waals surface area contributed by atoms with Gasteiger partial charge in [0, 0.05) is 19.5 Å². The molecule has 25 heavy (non-hydrogen) atoms. The van der Waals surface area contributed by atoms with Crippen LogP contribution in [0.25, 0.3) is 0 Å². The first-order valence-electron chi connectivity index (χ1n) is 9.22. The molecule has 1 saturated carbocycles. The molecular weight excluding hydrogens is 314 g/mol. The number of nitrogens with one attached hydrogen (secondary N) is 1. The molecule has 0 unspecified atom stereocenters. The van der Waals surface area contributed by atoms with E-state index in [2.05, 4.69) is 44.0 Å². The molecule has 1 aliphatic carbocycles. The third-order valence-corrected chi connectivity index (χ3v) is 5.16. The number of rotatable bonds is 6. The third-order valence-electron chi connectivity index (χ3n) is 5.16. The molecule has 0 saturated heterocycles. The Kier molecular flexibility index (Phi) is 4.53. The zero-order chi connectivity index (χ0) is 17.2. The highest BCUT2D eigenvalue weighted by Gasteiger charge is 2.33. The summed E-state index contributed by atoms with van der Waals surface area (Å²) in [7, 11) is 0. The van der Waals surface area contributed by atoms with Gasteiger partial charge in [-0.15, -0.1) is 10.2 Å². The van der Waals surface area contributed by atoms with E-state index in [9.17, 15) is 4.79 Å². The van der Waals surface area contributed by atoms with E-state index < -0.39 is 0 Å². The van der Waals surface area contributed by atoms with Gasteiger partial charge in [0.2, 0.25) is 5.91 Å². The van der Waals surface area contributed by atoms with E-state index >= 15 is 0 Å². The van der Waals surface area contributed by atoms with Crippen molar-refractivity contribution in [1.82, 2.24) is 25.0 Å². The van der Waals surface area contributed by atoms with E-state index in [4.69, 9.17) is 0 Å². The van der Waals surface area contributed by atoms with Gasteiger partial charge in [0.1, 0.15) is 11.6 Å². The Labute approximate surface area is 148 Å². The molecule has 6 heteroatoms. The minimum absolute atomic E-state index is 0.101. The van der Waals surface area contributed by atoms with Crippen LogP contribution in [0.5, 0.6) is 0 Å². The Morgan fingerprint density at radius 1 is 1.24 bits per heavy atom. The molecule has 1 fully saturated rings. The maximum atomic E-state index is 12.6. The van der Waals surface area contributed by atoms with Gasteiger partial charge in [-0.05, 0) is 24.3 Å². The number of benzene rings is 1. The predicted molar refractivity (Wildman–Crippen MR) is 94.7 cm³/mol. The van der Waals surface area contributed by atoms with Crippen molar-refractivity contribution in [1.29, 1.82) is 0 Å². The van der Waals surface area contributed by atoms with Gasteiger partial charge in [-0.3, -0.25) is 9.69 Å². The first-order chi connectivity index (χ1) is 12.2. The molecule has 1 atom stereocenters. The summed E-state index contributed by atoms with van der Waals surface area (Å²) in [6.07, 6.45) is 3.30. The number of nitrogens with zero attached hydrogens (tertiary/aromatic N) is 4. The van der Waals surface area contributed by atoms with Crippen LogP contribution in [0.2, 0.25) is 0 Å². The fourth-order valence-corrected chi connectivity index (χ4v) is 3.65. The Morgan fingerprint density at radius 2 is 2.04 bits per heavy atom. The SMILES string of the molecule is CCc1nnc2n1CCN(CC(=O)N[C@@H](c1ccccc1)C1CC1)C2. The van der Waals surface area contributed by atoms with Crippen molar-refractivity contribution in [3.8, 4) is 0 Å². The average molecular weight is 339 g/mol. The van der Waals surface area contributed by atoms with Gasteiger partial charge in [-0.2, -0.15) is 0 Å². The van der Waals surface area contributed by atoms with E-state index in [1.165, 1.54) is 18.4 Å². The van der Waals surface area contributed by atoms with Crippen LogP contribution in [-0.4, -0.2) is 38.7 Å². The van der Waals surface area contributed by atoms with Crippen molar-refractivity contribution in [2.75, 3.05) is 13.1 Å². The van der Waals surface area contributed by atoms with E-state index in [0.717, 1.165) is 31.2 Å². The smallest absolute Gasteiger partial charge is 0.234 e. The van der Waals surface area contributed by atoms with Gasteiger partial charge >= 0.3 is 0 Å². The van der Waals surface area contributed by atoms with Gasteiger partial charge in [-0.25, -0.2) is 0 Å². The number of carbonyl (C=O) groups excluding carboxylic acids is 1. The number of carbonyl (C=O) groups is 1. The molecule has 1 amide bonds.